The summed E-state index contributed by atoms with van der Waals surface area (Å²) < 4.78 is 5.51. The fourth-order valence-corrected chi connectivity index (χ4v) is 4.44. The molecule has 1 atom stereocenters. The molecule has 0 aliphatic carbocycles. The predicted molar refractivity (Wildman–Crippen MR) is 94.9 cm³/mol. The molecule has 2 saturated heterocycles. The lowest BCUT2D eigenvalue weighted by atomic mass is 10.0. The average Bonchev–Trinajstić information content (AvgIpc) is 2.58. The van der Waals surface area contributed by atoms with Crippen LogP contribution in [0.2, 0.25) is 5.02 Å². The van der Waals surface area contributed by atoms with Gasteiger partial charge in [-0.1, -0.05) is 23.7 Å². The van der Waals surface area contributed by atoms with Crippen LogP contribution < -0.4 is 5.32 Å². The molecule has 5 heteroatoms. The molecule has 0 aromatic heterocycles. The van der Waals surface area contributed by atoms with E-state index in [4.69, 9.17) is 16.3 Å². The molecule has 1 aromatic rings. The maximum absolute atomic E-state index is 6.05. The van der Waals surface area contributed by atoms with Crippen LogP contribution >= 0.6 is 23.4 Å². The number of ether oxygens (including phenoxy) is 1. The van der Waals surface area contributed by atoms with Crippen molar-refractivity contribution in [2.24, 2.45) is 0 Å². The van der Waals surface area contributed by atoms with Gasteiger partial charge in [-0.15, -0.1) is 0 Å². The Morgan fingerprint density at radius 2 is 1.86 bits per heavy atom. The highest BCUT2D eigenvalue weighted by molar-refractivity contribution is 7.99. The van der Waals surface area contributed by atoms with Crippen molar-refractivity contribution in [2.75, 3.05) is 44.4 Å². The number of rotatable bonds is 5. The van der Waals surface area contributed by atoms with Gasteiger partial charge in [0, 0.05) is 36.7 Å². The molecule has 22 heavy (non-hydrogen) atoms. The van der Waals surface area contributed by atoms with Crippen LogP contribution in [0.4, 0.5) is 0 Å². The molecule has 1 aromatic carbocycles. The molecule has 3 rings (SSSR count). The van der Waals surface area contributed by atoms with Crippen molar-refractivity contribution in [2.45, 2.75) is 24.9 Å². The average molecular weight is 341 g/mol. The molecule has 0 radical (unpaired) electrons. The van der Waals surface area contributed by atoms with Gasteiger partial charge in [0.25, 0.3) is 0 Å². The molecule has 0 amide bonds. The molecule has 2 aliphatic heterocycles. The summed E-state index contributed by atoms with van der Waals surface area (Å²) in [5, 5.41) is 4.61. The summed E-state index contributed by atoms with van der Waals surface area (Å²) in [7, 11) is 0. The maximum Gasteiger partial charge on any atom is 0.0594 e. The van der Waals surface area contributed by atoms with Gasteiger partial charge in [0.15, 0.2) is 0 Å². The van der Waals surface area contributed by atoms with Crippen LogP contribution in [0.25, 0.3) is 0 Å². The van der Waals surface area contributed by atoms with E-state index in [9.17, 15) is 0 Å². The van der Waals surface area contributed by atoms with Crippen molar-refractivity contribution in [1.82, 2.24) is 10.2 Å². The standard InChI is InChI=1S/C17H25ClN2OS/c18-15-3-1-14(2-4-15)17(20-7-9-21-10-8-20)13-19-16-5-11-22-12-6-16/h1-4,16-17,19H,5-13H2. The Morgan fingerprint density at radius 3 is 2.55 bits per heavy atom. The fourth-order valence-electron chi connectivity index (χ4n) is 3.21. The first-order valence-corrected chi connectivity index (χ1v) is 9.74. The molecule has 0 saturated carbocycles. The third-order valence-corrected chi connectivity index (χ3v) is 5.86. The predicted octanol–water partition coefficient (Wildman–Crippen LogP) is 3.20. The third kappa shape index (κ3) is 4.62. The van der Waals surface area contributed by atoms with Gasteiger partial charge in [-0.3, -0.25) is 4.90 Å². The van der Waals surface area contributed by atoms with Crippen molar-refractivity contribution in [3.63, 3.8) is 0 Å². The molecule has 2 fully saturated rings. The van der Waals surface area contributed by atoms with Crippen molar-refractivity contribution in [1.29, 1.82) is 0 Å². The Bertz CT molecular complexity index is 444. The Morgan fingerprint density at radius 1 is 1.18 bits per heavy atom. The van der Waals surface area contributed by atoms with Crippen LogP contribution in [0.5, 0.6) is 0 Å². The van der Waals surface area contributed by atoms with Gasteiger partial charge in [0.2, 0.25) is 0 Å². The first kappa shape index (κ1) is 16.6. The maximum atomic E-state index is 6.05. The van der Waals surface area contributed by atoms with E-state index in [0.29, 0.717) is 12.1 Å². The quantitative estimate of drug-likeness (QED) is 0.889. The Labute approximate surface area is 142 Å². The highest BCUT2D eigenvalue weighted by atomic mass is 35.5. The van der Waals surface area contributed by atoms with Crippen LogP contribution in [-0.4, -0.2) is 55.3 Å². The lowest BCUT2D eigenvalue weighted by Crippen LogP contribution is -2.45. The zero-order valence-corrected chi connectivity index (χ0v) is 14.5. The molecular formula is C17H25ClN2OS. The summed E-state index contributed by atoms with van der Waals surface area (Å²) in [4.78, 5) is 2.54. The van der Waals surface area contributed by atoms with Crippen LogP contribution in [0, 0.1) is 0 Å². The van der Waals surface area contributed by atoms with Crippen LogP contribution in [0.15, 0.2) is 24.3 Å². The first-order valence-electron chi connectivity index (χ1n) is 8.21. The zero-order valence-electron chi connectivity index (χ0n) is 13.0. The Balaban J connectivity index is 1.66. The molecule has 1 unspecified atom stereocenters. The zero-order chi connectivity index (χ0) is 15.2. The molecule has 2 aliphatic rings. The number of benzene rings is 1. The lowest BCUT2D eigenvalue weighted by Gasteiger charge is -2.36. The normalized spacial score (nSPS) is 22.6. The van der Waals surface area contributed by atoms with E-state index >= 15 is 0 Å². The van der Waals surface area contributed by atoms with Crippen LogP contribution in [0.3, 0.4) is 0 Å². The minimum atomic E-state index is 0.413. The van der Waals surface area contributed by atoms with E-state index in [0.717, 1.165) is 37.9 Å². The number of hydrogen-bond donors (Lipinski definition) is 1. The number of halogens is 1. The molecule has 0 spiro atoms. The van der Waals surface area contributed by atoms with Crippen molar-refractivity contribution in [3.8, 4) is 0 Å². The molecular weight excluding hydrogens is 316 g/mol. The number of thioether (sulfide) groups is 1. The van der Waals surface area contributed by atoms with Gasteiger partial charge < -0.3 is 10.1 Å². The fraction of sp³-hybridized carbons (Fsp3) is 0.647. The monoisotopic (exact) mass is 340 g/mol. The topological polar surface area (TPSA) is 24.5 Å². The van der Waals surface area contributed by atoms with Gasteiger partial charge >= 0.3 is 0 Å². The van der Waals surface area contributed by atoms with Gasteiger partial charge in [-0.2, -0.15) is 11.8 Å². The van der Waals surface area contributed by atoms with Gasteiger partial charge in [-0.05, 0) is 42.0 Å². The molecule has 2 heterocycles. The smallest absolute Gasteiger partial charge is 0.0594 e. The minimum Gasteiger partial charge on any atom is -0.379 e. The van der Waals surface area contributed by atoms with Crippen LogP contribution in [-0.2, 0) is 4.74 Å². The summed E-state index contributed by atoms with van der Waals surface area (Å²) in [6.07, 6.45) is 2.59. The summed E-state index contributed by atoms with van der Waals surface area (Å²) in [6, 6.07) is 9.43. The number of nitrogens with one attached hydrogen (secondary N) is 1. The van der Waals surface area contributed by atoms with Crippen molar-refractivity contribution in [3.05, 3.63) is 34.9 Å². The van der Waals surface area contributed by atoms with E-state index < -0.39 is 0 Å². The summed E-state index contributed by atoms with van der Waals surface area (Å²) in [5.41, 5.74) is 1.35. The van der Waals surface area contributed by atoms with Crippen LogP contribution in [0.1, 0.15) is 24.4 Å². The second kappa shape index (κ2) is 8.55. The van der Waals surface area contributed by atoms with Crippen molar-refractivity contribution >= 4 is 23.4 Å². The van der Waals surface area contributed by atoms with E-state index in [1.807, 2.05) is 12.1 Å². The second-order valence-electron chi connectivity index (χ2n) is 6.01. The van der Waals surface area contributed by atoms with E-state index in [-0.39, 0.29) is 0 Å². The summed E-state index contributed by atoms with van der Waals surface area (Å²) in [5.74, 6) is 2.58. The summed E-state index contributed by atoms with van der Waals surface area (Å²) in [6.45, 7) is 4.70. The molecule has 3 nitrogen and oxygen atoms in total. The third-order valence-electron chi connectivity index (χ3n) is 4.56. The molecule has 0 bridgehead atoms. The molecule has 1 N–H and O–H groups in total. The first-order chi connectivity index (χ1) is 10.8. The highest BCUT2D eigenvalue weighted by Crippen LogP contribution is 2.24. The lowest BCUT2D eigenvalue weighted by molar-refractivity contribution is 0.0156. The van der Waals surface area contributed by atoms with E-state index in [1.165, 1.54) is 29.9 Å². The minimum absolute atomic E-state index is 0.413. The van der Waals surface area contributed by atoms with E-state index in [1.54, 1.807) is 0 Å². The second-order valence-corrected chi connectivity index (χ2v) is 7.67. The summed E-state index contributed by atoms with van der Waals surface area (Å²) >= 11 is 8.13. The number of nitrogens with zero attached hydrogens (tertiary/aromatic N) is 1. The highest BCUT2D eigenvalue weighted by Gasteiger charge is 2.24. The largest absolute Gasteiger partial charge is 0.379 e. The Kier molecular flexibility index (Phi) is 6.45. The van der Waals surface area contributed by atoms with Gasteiger partial charge in [0.05, 0.1) is 13.2 Å². The number of morpholine rings is 1. The van der Waals surface area contributed by atoms with E-state index in [2.05, 4.69) is 34.1 Å². The van der Waals surface area contributed by atoms with Gasteiger partial charge in [0.1, 0.15) is 0 Å². The molecule has 122 valence electrons. The van der Waals surface area contributed by atoms with Gasteiger partial charge in [-0.25, -0.2) is 0 Å². The van der Waals surface area contributed by atoms with Crippen molar-refractivity contribution < 1.29 is 4.74 Å². The SMILES string of the molecule is Clc1ccc(C(CNC2CCSCC2)N2CCOCC2)cc1. The Hall–Kier alpha value is -0.260. The number of hydrogen-bond acceptors (Lipinski definition) is 4.